The zero-order valence-corrected chi connectivity index (χ0v) is 16.1. The van der Waals surface area contributed by atoms with Crippen LogP contribution in [0, 0.1) is 5.82 Å². The number of ether oxygens (including phenoxy) is 1. The molecule has 0 spiro atoms. The summed E-state index contributed by atoms with van der Waals surface area (Å²) in [7, 11) is 0. The average molecular weight is 372 g/mol. The highest BCUT2D eigenvalue weighted by Crippen LogP contribution is 2.21. The highest BCUT2D eigenvalue weighted by atomic mass is 19.1. The summed E-state index contributed by atoms with van der Waals surface area (Å²) in [5, 5.41) is 10.3. The standard InChI is InChI=1S/C22H29FN2O2/c1-17(2)18-7-9-20(10-8-18)27-16-19(26)15-24-11-13-25(14-12-24)22-6-4-3-5-21(22)23/h3-10,17,19,26H,11-16H2,1-2H3/t19-/m1/s1. The molecular formula is C22H29FN2O2. The van der Waals surface area contributed by atoms with E-state index >= 15 is 0 Å². The van der Waals surface area contributed by atoms with Gasteiger partial charge in [-0.25, -0.2) is 4.39 Å². The van der Waals surface area contributed by atoms with E-state index in [1.54, 1.807) is 6.07 Å². The zero-order valence-electron chi connectivity index (χ0n) is 16.1. The monoisotopic (exact) mass is 372 g/mol. The van der Waals surface area contributed by atoms with Gasteiger partial charge < -0.3 is 14.7 Å². The first kappa shape index (κ1) is 19.6. The lowest BCUT2D eigenvalue weighted by molar-refractivity contribution is 0.0662. The van der Waals surface area contributed by atoms with Crippen molar-refractivity contribution in [1.29, 1.82) is 0 Å². The second-order valence-electron chi connectivity index (χ2n) is 7.43. The number of β-amino-alcohol motifs (C(OH)–C–C–N with tert-alkyl or cyclic N) is 1. The summed E-state index contributed by atoms with van der Waals surface area (Å²) in [4.78, 5) is 4.26. The van der Waals surface area contributed by atoms with Crippen LogP contribution >= 0.6 is 0 Å². The first-order valence-electron chi connectivity index (χ1n) is 9.65. The van der Waals surface area contributed by atoms with Gasteiger partial charge in [-0.15, -0.1) is 0 Å². The molecule has 2 aromatic rings. The van der Waals surface area contributed by atoms with E-state index in [2.05, 4.69) is 35.8 Å². The zero-order chi connectivity index (χ0) is 19.2. The van der Waals surface area contributed by atoms with Crippen LogP contribution in [0.2, 0.25) is 0 Å². The van der Waals surface area contributed by atoms with Gasteiger partial charge in [0.25, 0.3) is 0 Å². The number of nitrogens with zero attached hydrogens (tertiary/aromatic N) is 2. The summed E-state index contributed by atoms with van der Waals surface area (Å²) in [6, 6.07) is 14.9. The maximum atomic E-state index is 13.9. The van der Waals surface area contributed by atoms with Crippen LogP contribution in [0.25, 0.3) is 0 Å². The lowest BCUT2D eigenvalue weighted by atomic mass is 10.0. The molecule has 0 bridgehead atoms. The van der Waals surface area contributed by atoms with Crippen LogP contribution in [0.1, 0.15) is 25.3 Å². The second-order valence-corrected chi connectivity index (χ2v) is 7.43. The maximum absolute atomic E-state index is 13.9. The summed E-state index contributed by atoms with van der Waals surface area (Å²) in [5.74, 6) is 1.10. The number of piperazine rings is 1. The Bertz CT molecular complexity index is 713. The van der Waals surface area contributed by atoms with Gasteiger partial charge in [0, 0.05) is 32.7 Å². The Kier molecular flexibility index (Phi) is 6.69. The van der Waals surface area contributed by atoms with Crippen LogP contribution in [-0.4, -0.2) is 55.4 Å². The minimum atomic E-state index is -0.546. The van der Waals surface area contributed by atoms with E-state index in [4.69, 9.17) is 4.74 Å². The fourth-order valence-electron chi connectivity index (χ4n) is 3.37. The van der Waals surface area contributed by atoms with Gasteiger partial charge in [0.15, 0.2) is 0 Å². The third kappa shape index (κ3) is 5.44. The summed E-state index contributed by atoms with van der Waals surface area (Å²) in [5.41, 5.74) is 1.93. The third-order valence-corrected chi connectivity index (χ3v) is 5.02. The van der Waals surface area contributed by atoms with Crippen molar-refractivity contribution in [3.05, 3.63) is 59.9 Å². The smallest absolute Gasteiger partial charge is 0.146 e. The van der Waals surface area contributed by atoms with Crippen LogP contribution in [0.3, 0.4) is 0 Å². The van der Waals surface area contributed by atoms with Crippen molar-refractivity contribution in [3.63, 3.8) is 0 Å². The normalized spacial score (nSPS) is 16.6. The van der Waals surface area contributed by atoms with Crippen molar-refractivity contribution in [1.82, 2.24) is 4.90 Å². The summed E-state index contributed by atoms with van der Waals surface area (Å²) in [6.07, 6.45) is -0.546. The number of rotatable bonds is 7. The van der Waals surface area contributed by atoms with Gasteiger partial charge in [-0.2, -0.15) is 0 Å². The Morgan fingerprint density at radius 2 is 1.67 bits per heavy atom. The van der Waals surface area contributed by atoms with E-state index in [0.717, 1.165) is 31.9 Å². The molecular weight excluding hydrogens is 343 g/mol. The number of hydrogen-bond donors (Lipinski definition) is 1. The summed E-state index contributed by atoms with van der Waals surface area (Å²) >= 11 is 0. The van der Waals surface area contributed by atoms with Gasteiger partial charge >= 0.3 is 0 Å². The molecule has 0 aliphatic carbocycles. The van der Waals surface area contributed by atoms with Gasteiger partial charge in [-0.05, 0) is 35.7 Å². The lowest BCUT2D eigenvalue weighted by Gasteiger charge is -2.36. The Balaban J connectivity index is 1.41. The maximum Gasteiger partial charge on any atom is 0.146 e. The number of anilines is 1. The van der Waals surface area contributed by atoms with Crippen molar-refractivity contribution >= 4 is 5.69 Å². The van der Waals surface area contributed by atoms with E-state index < -0.39 is 6.10 Å². The molecule has 27 heavy (non-hydrogen) atoms. The Labute approximate surface area is 161 Å². The van der Waals surface area contributed by atoms with Crippen molar-refractivity contribution in [3.8, 4) is 5.75 Å². The number of aliphatic hydroxyl groups excluding tert-OH is 1. The molecule has 1 aliphatic heterocycles. The van der Waals surface area contributed by atoms with E-state index in [9.17, 15) is 9.50 Å². The van der Waals surface area contributed by atoms with Crippen molar-refractivity contribution in [2.45, 2.75) is 25.9 Å². The molecule has 146 valence electrons. The van der Waals surface area contributed by atoms with E-state index in [1.165, 1.54) is 11.6 Å². The summed E-state index contributed by atoms with van der Waals surface area (Å²) < 4.78 is 19.6. The fraction of sp³-hybridized carbons (Fsp3) is 0.455. The topological polar surface area (TPSA) is 35.9 Å². The lowest BCUT2D eigenvalue weighted by Crippen LogP contribution is -2.49. The van der Waals surface area contributed by atoms with E-state index in [0.29, 0.717) is 18.2 Å². The van der Waals surface area contributed by atoms with Gasteiger partial charge in [-0.3, -0.25) is 4.90 Å². The first-order valence-corrected chi connectivity index (χ1v) is 9.65. The molecule has 5 heteroatoms. The first-order chi connectivity index (χ1) is 13.0. The minimum absolute atomic E-state index is 0.178. The quantitative estimate of drug-likeness (QED) is 0.807. The number of aliphatic hydroxyl groups is 1. The molecule has 0 radical (unpaired) electrons. The molecule has 2 aromatic carbocycles. The molecule has 1 N–H and O–H groups in total. The summed E-state index contributed by atoms with van der Waals surface area (Å²) in [6.45, 7) is 8.26. The molecule has 3 rings (SSSR count). The van der Waals surface area contributed by atoms with Crippen molar-refractivity contribution in [2.24, 2.45) is 0 Å². The average Bonchev–Trinajstić information content (AvgIpc) is 2.68. The Hall–Kier alpha value is -2.11. The molecule has 1 saturated heterocycles. The molecule has 1 fully saturated rings. The van der Waals surface area contributed by atoms with E-state index in [-0.39, 0.29) is 12.4 Å². The number of hydrogen-bond acceptors (Lipinski definition) is 4. The van der Waals surface area contributed by atoms with Crippen LogP contribution in [0.4, 0.5) is 10.1 Å². The third-order valence-electron chi connectivity index (χ3n) is 5.02. The van der Waals surface area contributed by atoms with Crippen LogP contribution in [-0.2, 0) is 0 Å². The van der Waals surface area contributed by atoms with Crippen LogP contribution in [0.15, 0.2) is 48.5 Å². The van der Waals surface area contributed by atoms with Gasteiger partial charge in [0.2, 0.25) is 0 Å². The predicted molar refractivity (Wildman–Crippen MR) is 107 cm³/mol. The van der Waals surface area contributed by atoms with Gasteiger partial charge in [0.05, 0.1) is 5.69 Å². The minimum Gasteiger partial charge on any atom is -0.491 e. The van der Waals surface area contributed by atoms with Crippen LogP contribution in [0.5, 0.6) is 5.75 Å². The fourth-order valence-corrected chi connectivity index (χ4v) is 3.37. The molecule has 0 unspecified atom stereocenters. The molecule has 0 aromatic heterocycles. The Morgan fingerprint density at radius 3 is 2.30 bits per heavy atom. The molecule has 1 atom stereocenters. The van der Waals surface area contributed by atoms with Gasteiger partial charge in [0.1, 0.15) is 24.3 Å². The van der Waals surface area contributed by atoms with Gasteiger partial charge in [-0.1, -0.05) is 38.1 Å². The molecule has 1 heterocycles. The largest absolute Gasteiger partial charge is 0.491 e. The van der Waals surface area contributed by atoms with Crippen molar-refractivity contribution < 1.29 is 14.2 Å². The highest BCUT2D eigenvalue weighted by molar-refractivity contribution is 5.48. The number of para-hydroxylation sites is 1. The number of halogens is 1. The molecule has 4 nitrogen and oxygen atoms in total. The highest BCUT2D eigenvalue weighted by Gasteiger charge is 2.21. The second kappa shape index (κ2) is 9.20. The Morgan fingerprint density at radius 1 is 1.00 bits per heavy atom. The number of benzene rings is 2. The van der Waals surface area contributed by atoms with Crippen LogP contribution < -0.4 is 9.64 Å². The van der Waals surface area contributed by atoms with E-state index in [1.807, 2.05) is 24.3 Å². The molecule has 1 aliphatic rings. The molecule has 0 amide bonds. The predicted octanol–water partition coefficient (Wildman–Crippen LogP) is 3.51. The van der Waals surface area contributed by atoms with Crippen molar-refractivity contribution in [2.75, 3.05) is 44.2 Å². The SMILES string of the molecule is CC(C)c1ccc(OC[C@H](O)CN2CCN(c3ccccc3F)CC2)cc1. The molecule has 0 saturated carbocycles.